The number of piperidine rings is 1. The minimum absolute atomic E-state index is 0. The van der Waals surface area contributed by atoms with Gasteiger partial charge < -0.3 is 10.6 Å². The third kappa shape index (κ3) is 3.26. The molecule has 0 unspecified atom stereocenters. The number of hydrogen-bond acceptors (Lipinski definition) is 3. The molecule has 118 valence electrons. The summed E-state index contributed by atoms with van der Waals surface area (Å²) in [5.41, 5.74) is -1.34. The Morgan fingerprint density at radius 2 is 1.86 bits per heavy atom. The Labute approximate surface area is 128 Å². The second kappa shape index (κ2) is 6.01. The van der Waals surface area contributed by atoms with E-state index in [0.29, 0.717) is 17.4 Å². The molecule has 2 heterocycles. The predicted molar refractivity (Wildman–Crippen MR) is 78.0 cm³/mol. The first kappa shape index (κ1) is 16.4. The molecule has 1 aliphatic carbocycles. The summed E-state index contributed by atoms with van der Waals surface area (Å²) in [6.07, 6.45) is -0.410. The molecule has 21 heavy (non-hydrogen) atoms. The van der Waals surface area contributed by atoms with Gasteiger partial charge in [-0.2, -0.15) is 13.2 Å². The topological polar surface area (TPSA) is 37.0 Å². The highest BCUT2D eigenvalue weighted by Crippen LogP contribution is 2.58. The van der Waals surface area contributed by atoms with E-state index < -0.39 is 11.6 Å². The first-order chi connectivity index (χ1) is 9.51. The minimum Gasteiger partial charge on any atom is -0.367 e. The lowest BCUT2D eigenvalue weighted by atomic mass is 9.97. The molecule has 0 spiro atoms. The van der Waals surface area contributed by atoms with Crippen LogP contribution >= 0.6 is 12.4 Å². The van der Waals surface area contributed by atoms with Crippen LogP contribution < -0.4 is 10.6 Å². The second-order valence-electron chi connectivity index (χ2n) is 5.68. The highest BCUT2D eigenvalue weighted by atomic mass is 35.5. The summed E-state index contributed by atoms with van der Waals surface area (Å²) < 4.78 is 39.0. The fourth-order valence-electron chi connectivity index (χ4n) is 2.80. The van der Waals surface area contributed by atoms with Crippen LogP contribution in [0.15, 0.2) is 18.3 Å². The summed E-state index contributed by atoms with van der Waals surface area (Å²) in [5.74, 6) is 0.665. The summed E-state index contributed by atoms with van der Waals surface area (Å²) in [6, 6.07) is 3.59. The van der Waals surface area contributed by atoms with Crippen molar-refractivity contribution in [3.8, 4) is 0 Å². The van der Waals surface area contributed by atoms with Crippen LogP contribution in [0.25, 0.3) is 0 Å². The standard InChI is InChI=1S/C14H18F3N3.ClH/c15-14(16,17)13(5-6-13)10-1-2-12(19-9-10)20-11-3-7-18-8-4-11;/h1-2,9,11,18H,3-8H2,(H,19,20);1H. The molecule has 0 radical (unpaired) electrons. The number of anilines is 1. The van der Waals surface area contributed by atoms with E-state index in [4.69, 9.17) is 0 Å². The summed E-state index contributed by atoms with van der Waals surface area (Å²) in [5, 5.41) is 6.56. The van der Waals surface area contributed by atoms with Gasteiger partial charge in [-0.1, -0.05) is 6.07 Å². The van der Waals surface area contributed by atoms with Crippen LogP contribution in [0.5, 0.6) is 0 Å². The maximum Gasteiger partial charge on any atom is 0.398 e. The van der Waals surface area contributed by atoms with Crippen molar-refractivity contribution in [2.45, 2.75) is 43.3 Å². The van der Waals surface area contributed by atoms with Gasteiger partial charge in [0.15, 0.2) is 0 Å². The first-order valence-electron chi connectivity index (χ1n) is 7.02. The van der Waals surface area contributed by atoms with Crippen molar-refractivity contribution >= 4 is 18.2 Å². The first-order valence-corrected chi connectivity index (χ1v) is 7.02. The number of alkyl halides is 3. The van der Waals surface area contributed by atoms with Gasteiger partial charge in [0.05, 0.1) is 5.41 Å². The van der Waals surface area contributed by atoms with E-state index in [2.05, 4.69) is 15.6 Å². The quantitative estimate of drug-likeness (QED) is 0.897. The normalized spacial score (nSPS) is 21.5. The lowest BCUT2D eigenvalue weighted by molar-refractivity contribution is -0.160. The number of nitrogens with one attached hydrogen (secondary N) is 2. The Hall–Kier alpha value is -1.01. The van der Waals surface area contributed by atoms with Crippen molar-refractivity contribution in [2.24, 2.45) is 0 Å². The largest absolute Gasteiger partial charge is 0.398 e. The lowest BCUT2D eigenvalue weighted by Crippen LogP contribution is -2.35. The van der Waals surface area contributed by atoms with Crippen LogP contribution in [0, 0.1) is 0 Å². The Balaban J connectivity index is 0.00000161. The van der Waals surface area contributed by atoms with E-state index in [1.165, 1.54) is 6.20 Å². The SMILES string of the molecule is Cl.FC(F)(F)C1(c2ccc(NC3CCNCC3)nc2)CC1. The van der Waals surface area contributed by atoms with Crippen molar-refractivity contribution in [1.29, 1.82) is 0 Å². The van der Waals surface area contributed by atoms with Crippen molar-refractivity contribution in [3.63, 3.8) is 0 Å². The summed E-state index contributed by atoms with van der Waals surface area (Å²) in [4.78, 5) is 4.16. The maximum absolute atomic E-state index is 13.0. The van der Waals surface area contributed by atoms with Crippen LogP contribution in [0.2, 0.25) is 0 Å². The molecule has 1 aliphatic heterocycles. The Morgan fingerprint density at radius 3 is 2.33 bits per heavy atom. The van der Waals surface area contributed by atoms with Gasteiger partial charge >= 0.3 is 6.18 Å². The van der Waals surface area contributed by atoms with E-state index in [-0.39, 0.29) is 25.2 Å². The number of nitrogens with zero attached hydrogens (tertiary/aromatic N) is 1. The average Bonchev–Trinajstić information content (AvgIpc) is 3.22. The van der Waals surface area contributed by atoms with Crippen LogP contribution in [0.4, 0.5) is 19.0 Å². The molecule has 1 saturated carbocycles. The highest BCUT2D eigenvalue weighted by molar-refractivity contribution is 5.85. The van der Waals surface area contributed by atoms with Crippen molar-refractivity contribution in [1.82, 2.24) is 10.3 Å². The molecular formula is C14H19ClF3N3. The fraction of sp³-hybridized carbons (Fsp3) is 0.643. The zero-order chi connectivity index (χ0) is 14.2. The van der Waals surface area contributed by atoms with E-state index in [1.807, 2.05) is 0 Å². The van der Waals surface area contributed by atoms with Crippen molar-refractivity contribution in [2.75, 3.05) is 18.4 Å². The zero-order valence-corrected chi connectivity index (χ0v) is 12.4. The second-order valence-corrected chi connectivity index (χ2v) is 5.68. The van der Waals surface area contributed by atoms with Gasteiger partial charge in [-0.25, -0.2) is 4.98 Å². The summed E-state index contributed by atoms with van der Waals surface area (Å²) in [6.45, 7) is 1.93. The van der Waals surface area contributed by atoms with E-state index >= 15 is 0 Å². The molecule has 1 aromatic heterocycles. The van der Waals surface area contributed by atoms with Gasteiger partial charge in [0.1, 0.15) is 5.82 Å². The van der Waals surface area contributed by atoms with E-state index in [9.17, 15) is 13.2 Å². The monoisotopic (exact) mass is 321 g/mol. The van der Waals surface area contributed by atoms with Gasteiger partial charge in [0.25, 0.3) is 0 Å². The highest BCUT2D eigenvalue weighted by Gasteiger charge is 2.64. The van der Waals surface area contributed by atoms with Gasteiger partial charge in [-0.3, -0.25) is 0 Å². The van der Waals surface area contributed by atoms with E-state index in [0.717, 1.165) is 25.9 Å². The zero-order valence-electron chi connectivity index (χ0n) is 11.5. The molecule has 2 fully saturated rings. The fourth-order valence-corrected chi connectivity index (χ4v) is 2.80. The number of hydrogen-bond donors (Lipinski definition) is 2. The van der Waals surface area contributed by atoms with Gasteiger partial charge in [-0.05, 0) is 50.4 Å². The average molecular weight is 322 g/mol. The van der Waals surface area contributed by atoms with Crippen LogP contribution in [-0.4, -0.2) is 30.3 Å². The number of aromatic nitrogens is 1. The molecular weight excluding hydrogens is 303 g/mol. The maximum atomic E-state index is 13.0. The van der Waals surface area contributed by atoms with Crippen molar-refractivity contribution in [3.05, 3.63) is 23.9 Å². The molecule has 0 atom stereocenters. The van der Waals surface area contributed by atoms with Crippen molar-refractivity contribution < 1.29 is 13.2 Å². The molecule has 0 bridgehead atoms. The summed E-state index contributed by atoms with van der Waals surface area (Å²) in [7, 11) is 0. The number of rotatable bonds is 3. The third-order valence-electron chi connectivity index (χ3n) is 4.30. The molecule has 1 aromatic rings. The third-order valence-corrected chi connectivity index (χ3v) is 4.30. The Morgan fingerprint density at radius 1 is 1.19 bits per heavy atom. The molecule has 2 N–H and O–H groups in total. The number of pyridine rings is 1. The van der Waals surface area contributed by atoms with Gasteiger partial charge in [0.2, 0.25) is 0 Å². The molecule has 2 aliphatic rings. The lowest BCUT2D eigenvalue weighted by Gasteiger charge is -2.24. The Bertz CT molecular complexity index is 465. The molecule has 3 rings (SSSR count). The smallest absolute Gasteiger partial charge is 0.367 e. The van der Waals surface area contributed by atoms with Crippen LogP contribution in [0.3, 0.4) is 0 Å². The van der Waals surface area contributed by atoms with Gasteiger partial charge in [-0.15, -0.1) is 12.4 Å². The number of halogens is 4. The predicted octanol–water partition coefficient (Wildman–Crippen LogP) is 3.26. The molecule has 0 aromatic carbocycles. The summed E-state index contributed by atoms with van der Waals surface area (Å²) >= 11 is 0. The Kier molecular flexibility index (Phi) is 4.68. The van der Waals surface area contributed by atoms with E-state index in [1.54, 1.807) is 12.1 Å². The minimum atomic E-state index is -4.17. The van der Waals surface area contributed by atoms with Crippen LogP contribution in [-0.2, 0) is 5.41 Å². The molecule has 3 nitrogen and oxygen atoms in total. The molecule has 7 heteroatoms. The molecule has 0 amide bonds. The molecule has 1 saturated heterocycles. The van der Waals surface area contributed by atoms with Crippen LogP contribution in [0.1, 0.15) is 31.2 Å². The van der Waals surface area contributed by atoms with Gasteiger partial charge in [0, 0.05) is 12.2 Å².